The van der Waals surface area contributed by atoms with Crippen molar-refractivity contribution in [2.24, 2.45) is 0 Å². The summed E-state index contributed by atoms with van der Waals surface area (Å²) < 4.78 is 0. The molecule has 29 heavy (non-hydrogen) atoms. The summed E-state index contributed by atoms with van der Waals surface area (Å²) in [6, 6.07) is 35.1. The summed E-state index contributed by atoms with van der Waals surface area (Å²) in [5.41, 5.74) is 4.51. The Morgan fingerprint density at radius 2 is 0.931 bits per heavy atom. The summed E-state index contributed by atoms with van der Waals surface area (Å²) in [4.78, 5) is 5.04. The van der Waals surface area contributed by atoms with Crippen LogP contribution >= 0.6 is 23.5 Å². The average Bonchev–Trinajstić information content (AvgIpc) is 2.76. The van der Waals surface area contributed by atoms with Crippen LogP contribution in [0.3, 0.4) is 0 Å². The van der Waals surface area contributed by atoms with Crippen LogP contribution in [0.15, 0.2) is 105 Å². The molecule has 0 bridgehead atoms. The van der Waals surface area contributed by atoms with E-state index in [-0.39, 0.29) is 19.5 Å². The predicted molar refractivity (Wildman–Crippen MR) is 118 cm³/mol. The van der Waals surface area contributed by atoms with Crippen LogP contribution in [0, 0.1) is 12.1 Å². The first-order chi connectivity index (χ1) is 13.9. The number of benzene rings is 4. The molecule has 4 aromatic rings. The number of para-hydroxylation sites is 4. The minimum Gasteiger partial charge on any atom is -0.377 e. The molecule has 6 rings (SSSR count). The summed E-state index contributed by atoms with van der Waals surface area (Å²) >= 11 is 3.58. The van der Waals surface area contributed by atoms with Crippen molar-refractivity contribution in [3.05, 3.63) is 97.1 Å². The van der Waals surface area contributed by atoms with Gasteiger partial charge in [-0.1, -0.05) is 45.4 Å². The Morgan fingerprint density at radius 3 is 1.41 bits per heavy atom. The topological polar surface area (TPSA) is 24.1 Å². The Kier molecular flexibility index (Phi) is 6.29. The van der Waals surface area contributed by atoms with Crippen molar-refractivity contribution in [2.75, 3.05) is 10.6 Å². The van der Waals surface area contributed by atoms with Gasteiger partial charge in [0.1, 0.15) is 0 Å². The van der Waals surface area contributed by atoms with Gasteiger partial charge in [0.2, 0.25) is 0 Å². The van der Waals surface area contributed by atoms with Crippen molar-refractivity contribution < 1.29 is 19.5 Å². The van der Waals surface area contributed by atoms with Gasteiger partial charge in [0, 0.05) is 21.2 Å². The molecule has 2 N–H and O–H groups in total. The molecule has 2 aliphatic rings. The van der Waals surface area contributed by atoms with E-state index in [0.29, 0.717) is 0 Å². The molecule has 0 radical (unpaired) electrons. The van der Waals surface area contributed by atoms with Crippen LogP contribution in [0.2, 0.25) is 0 Å². The standard InChI is InChI=1S/2C12H8NS.Zn/c2*1-3-7-11-9(5-1)13-10-6-2-4-8-12(10)14-11;/h2*1-5,7-8,13H;/q2*-1;+2. The Hall–Kier alpha value is -2.20. The zero-order valence-corrected chi connectivity index (χ0v) is 20.2. The third-order valence-corrected chi connectivity index (χ3v) is 6.64. The van der Waals surface area contributed by atoms with Gasteiger partial charge in [-0.2, -0.15) is 72.1 Å². The largest absolute Gasteiger partial charge is 2.00 e. The second-order valence-corrected chi connectivity index (χ2v) is 8.43. The molecule has 0 spiro atoms. The number of fused-ring (bicyclic) bond motifs is 4. The summed E-state index contributed by atoms with van der Waals surface area (Å²) in [7, 11) is 0. The van der Waals surface area contributed by atoms with Crippen LogP contribution in [0.25, 0.3) is 0 Å². The van der Waals surface area contributed by atoms with Crippen LogP contribution < -0.4 is 10.6 Å². The van der Waals surface area contributed by atoms with E-state index in [1.54, 1.807) is 23.5 Å². The van der Waals surface area contributed by atoms with Gasteiger partial charge in [0.25, 0.3) is 0 Å². The summed E-state index contributed by atoms with van der Waals surface area (Å²) in [5.74, 6) is 0. The summed E-state index contributed by atoms with van der Waals surface area (Å²) in [6.45, 7) is 0. The van der Waals surface area contributed by atoms with E-state index in [0.717, 1.165) is 11.4 Å². The van der Waals surface area contributed by atoms with Gasteiger partial charge >= 0.3 is 19.5 Å². The number of anilines is 4. The third-order valence-electron chi connectivity index (χ3n) is 4.37. The molecule has 0 amide bonds. The van der Waals surface area contributed by atoms with Crippen molar-refractivity contribution in [1.82, 2.24) is 0 Å². The molecule has 136 valence electrons. The molecule has 4 aromatic carbocycles. The second-order valence-electron chi connectivity index (χ2n) is 6.27. The number of rotatable bonds is 0. The molecular formula is C24H16N2S2Zn. The molecule has 2 aliphatic heterocycles. The number of hydrogen-bond donors (Lipinski definition) is 2. The van der Waals surface area contributed by atoms with E-state index in [1.807, 2.05) is 36.4 Å². The van der Waals surface area contributed by atoms with E-state index in [9.17, 15) is 0 Å². The predicted octanol–water partition coefficient (Wildman–Crippen LogP) is 7.39. The second kappa shape index (κ2) is 9.08. The SMILES string of the molecule is [Zn+2].[c-]1cccc2c1Nc1ccccc1S2.[c-]1cccc2c1Nc1ccccc1S2. The van der Waals surface area contributed by atoms with Gasteiger partial charge in [0.15, 0.2) is 0 Å². The molecular weight excluding hydrogens is 446 g/mol. The van der Waals surface area contributed by atoms with Gasteiger partial charge < -0.3 is 10.6 Å². The molecule has 0 saturated heterocycles. The Morgan fingerprint density at radius 1 is 0.517 bits per heavy atom. The van der Waals surface area contributed by atoms with E-state index in [2.05, 4.69) is 71.3 Å². The van der Waals surface area contributed by atoms with Crippen molar-refractivity contribution in [3.63, 3.8) is 0 Å². The van der Waals surface area contributed by atoms with Gasteiger partial charge in [-0.25, -0.2) is 0 Å². The summed E-state index contributed by atoms with van der Waals surface area (Å²) in [5, 5.41) is 6.73. The number of hydrogen-bond acceptors (Lipinski definition) is 4. The Bertz CT molecular complexity index is 881. The molecule has 0 unspecified atom stereocenters. The Balaban J connectivity index is 0.000000137. The van der Waals surface area contributed by atoms with Crippen LogP contribution in [-0.2, 0) is 19.5 Å². The van der Waals surface area contributed by atoms with Gasteiger partial charge in [0.05, 0.1) is 0 Å². The van der Waals surface area contributed by atoms with Crippen LogP contribution in [0.5, 0.6) is 0 Å². The number of nitrogens with one attached hydrogen (secondary N) is 2. The minimum absolute atomic E-state index is 0. The smallest absolute Gasteiger partial charge is 0.377 e. The monoisotopic (exact) mass is 460 g/mol. The van der Waals surface area contributed by atoms with Crippen LogP contribution in [-0.4, -0.2) is 0 Å². The minimum atomic E-state index is 0. The summed E-state index contributed by atoms with van der Waals surface area (Å²) in [6.07, 6.45) is 0. The van der Waals surface area contributed by atoms with Crippen molar-refractivity contribution in [2.45, 2.75) is 19.6 Å². The zero-order valence-electron chi connectivity index (χ0n) is 15.6. The van der Waals surface area contributed by atoms with E-state index < -0.39 is 0 Å². The van der Waals surface area contributed by atoms with Crippen molar-refractivity contribution >= 4 is 46.3 Å². The fourth-order valence-corrected chi connectivity index (χ4v) is 4.97. The molecule has 2 nitrogen and oxygen atoms in total. The van der Waals surface area contributed by atoms with Crippen LogP contribution in [0.1, 0.15) is 0 Å². The molecule has 0 atom stereocenters. The van der Waals surface area contributed by atoms with E-state index in [4.69, 9.17) is 0 Å². The third kappa shape index (κ3) is 4.38. The molecule has 0 fully saturated rings. The molecule has 5 heteroatoms. The fourth-order valence-electron chi connectivity index (χ4n) is 3.03. The molecule has 2 heterocycles. The molecule has 0 aliphatic carbocycles. The molecule has 0 saturated carbocycles. The van der Waals surface area contributed by atoms with E-state index >= 15 is 0 Å². The van der Waals surface area contributed by atoms with Crippen molar-refractivity contribution in [1.29, 1.82) is 0 Å². The van der Waals surface area contributed by atoms with Crippen LogP contribution in [0.4, 0.5) is 22.7 Å². The zero-order chi connectivity index (χ0) is 18.8. The first-order valence-corrected chi connectivity index (χ1v) is 10.6. The molecule has 0 aromatic heterocycles. The fraction of sp³-hybridized carbons (Fsp3) is 0. The average molecular weight is 462 g/mol. The van der Waals surface area contributed by atoms with Gasteiger partial charge in [-0.15, -0.1) is 0 Å². The first-order valence-electron chi connectivity index (χ1n) is 8.96. The van der Waals surface area contributed by atoms with Gasteiger partial charge in [-0.05, 0) is 24.3 Å². The van der Waals surface area contributed by atoms with E-state index in [1.165, 1.54) is 31.0 Å². The quantitative estimate of drug-likeness (QED) is 0.182. The normalized spacial score (nSPS) is 12.1. The van der Waals surface area contributed by atoms with Crippen molar-refractivity contribution in [3.8, 4) is 0 Å². The maximum Gasteiger partial charge on any atom is 2.00 e. The Labute approximate surface area is 192 Å². The maximum atomic E-state index is 3.36. The van der Waals surface area contributed by atoms with Gasteiger partial charge in [-0.3, -0.25) is 0 Å². The maximum absolute atomic E-state index is 3.36. The first kappa shape index (κ1) is 20.1.